The van der Waals surface area contributed by atoms with E-state index in [1.807, 2.05) is 0 Å². The zero-order chi connectivity index (χ0) is 22.8. The second-order valence-electron chi connectivity index (χ2n) is 7.48. The Morgan fingerprint density at radius 2 is 2.16 bits per heavy atom. The number of methoxy groups -OCH3 is 1. The molecule has 0 aliphatic carbocycles. The summed E-state index contributed by atoms with van der Waals surface area (Å²) in [5, 5.41) is 8.52. The number of carbonyl (C=O) groups is 1. The largest absolute Gasteiger partial charge is 0.494 e. The van der Waals surface area contributed by atoms with Crippen LogP contribution in [0.25, 0.3) is 10.6 Å². The lowest BCUT2D eigenvalue weighted by Gasteiger charge is -2.17. The first-order valence-electron chi connectivity index (χ1n) is 10.1. The predicted molar refractivity (Wildman–Crippen MR) is 116 cm³/mol. The van der Waals surface area contributed by atoms with Gasteiger partial charge in [-0.3, -0.25) is 9.48 Å². The average molecular weight is 464 g/mol. The van der Waals surface area contributed by atoms with Crippen LogP contribution in [0.15, 0.2) is 23.7 Å². The minimum Gasteiger partial charge on any atom is -0.494 e. The minimum absolute atomic E-state index is 0.0326. The molecular weight excluding hydrogens is 440 g/mol. The summed E-state index contributed by atoms with van der Waals surface area (Å²) in [4.78, 5) is 17.0. The summed E-state index contributed by atoms with van der Waals surface area (Å²) in [5.41, 5.74) is 6.95. The summed E-state index contributed by atoms with van der Waals surface area (Å²) in [6.07, 6.45) is 3.57. The van der Waals surface area contributed by atoms with E-state index >= 15 is 0 Å². The van der Waals surface area contributed by atoms with Crippen LogP contribution in [0.1, 0.15) is 41.5 Å². The lowest BCUT2D eigenvalue weighted by molar-refractivity contribution is 0.0529. The third-order valence-electron chi connectivity index (χ3n) is 5.37. The van der Waals surface area contributed by atoms with Crippen molar-refractivity contribution in [2.75, 3.05) is 19.0 Å². The normalized spacial score (nSPS) is 18.9. The lowest BCUT2D eigenvalue weighted by atomic mass is 10.1. The number of nitrogens with zero attached hydrogens (tertiary/aromatic N) is 3. The van der Waals surface area contributed by atoms with Crippen LogP contribution in [0.5, 0.6) is 5.75 Å². The van der Waals surface area contributed by atoms with Gasteiger partial charge in [0.15, 0.2) is 11.6 Å². The molecule has 3 aromatic rings. The topological polar surface area (TPSA) is 104 Å². The maximum absolute atomic E-state index is 14.6. The number of aromatic nitrogens is 3. The molecule has 11 heteroatoms. The Morgan fingerprint density at radius 3 is 2.94 bits per heavy atom. The fourth-order valence-electron chi connectivity index (χ4n) is 3.66. The van der Waals surface area contributed by atoms with Crippen molar-refractivity contribution < 1.29 is 23.0 Å². The molecule has 2 atom stereocenters. The Labute approximate surface area is 187 Å². The second kappa shape index (κ2) is 9.31. The zero-order valence-corrected chi connectivity index (χ0v) is 18.4. The number of hydrogen-bond donors (Lipinski definition) is 2. The van der Waals surface area contributed by atoms with Gasteiger partial charge >= 0.3 is 0 Å². The molecule has 1 aromatic carbocycles. The highest BCUT2D eigenvalue weighted by Gasteiger charge is 2.26. The highest BCUT2D eigenvalue weighted by atomic mass is 32.1. The molecule has 4 rings (SSSR count). The molecule has 3 heterocycles. The van der Waals surface area contributed by atoms with Gasteiger partial charge in [0.2, 0.25) is 0 Å². The van der Waals surface area contributed by atoms with Gasteiger partial charge in [-0.2, -0.15) is 5.10 Å². The zero-order valence-electron chi connectivity index (χ0n) is 17.6. The van der Waals surface area contributed by atoms with Crippen LogP contribution in [0.3, 0.4) is 0 Å². The maximum atomic E-state index is 14.6. The predicted octanol–water partition coefficient (Wildman–Crippen LogP) is 3.65. The monoisotopic (exact) mass is 463 g/mol. The van der Waals surface area contributed by atoms with Gasteiger partial charge in [-0.05, 0) is 31.4 Å². The van der Waals surface area contributed by atoms with Crippen molar-refractivity contribution >= 4 is 22.9 Å². The first kappa shape index (κ1) is 22.3. The fourth-order valence-corrected chi connectivity index (χ4v) is 4.50. The molecular formula is C21H23F2N5O3S. The molecule has 1 fully saturated rings. The highest BCUT2D eigenvalue weighted by Crippen LogP contribution is 2.35. The molecule has 2 unspecified atom stereocenters. The van der Waals surface area contributed by atoms with Crippen molar-refractivity contribution in [1.82, 2.24) is 14.8 Å². The van der Waals surface area contributed by atoms with Crippen molar-refractivity contribution in [3.8, 4) is 16.3 Å². The summed E-state index contributed by atoms with van der Waals surface area (Å²) >= 11 is 0.963. The molecule has 0 radical (unpaired) electrons. The van der Waals surface area contributed by atoms with Gasteiger partial charge < -0.3 is 20.5 Å². The number of ether oxygens (including phenoxy) is 2. The van der Waals surface area contributed by atoms with Gasteiger partial charge in [-0.1, -0.05) is 0 Å². The first-order chi connectivity index (χ1) is 15.4. The lowest BCUT2D eigenvalue weighted by Crippen LogP contribution is -2.19. The van der Waals surface area contributed by atoms with Crippen LogP contribution >= 0.6 is 11.3 Å². The minimum atomic E-state index is -0.868. The highest BCUT2D eigenvalue weighted by molar-refractivity contribution is 7.13. The van der Waals surface area contributed by atoms with Crippen LogP contribution in [0, 0.1) is 11.6 Å². The summed E-state index contributed by atoms with van der Waals surface area (Å²) < 4.78 is 41.3. The third kappa shape index (κ3) is 4.36. The SMILES string of the molecule is COc1ccc(F)c(-c2nc(C(=O)Nc3cnn(C)c3C3CCC(N)CCO3)cs2)c1F. The van der Waals surface area contributed by atoms with Gasteiger partial charge in [0, 0.05) is 25.1 Å². The number of nitrogens with one attached hydrogen (secondary N) is 1. The van der Waals surface area contributed by atoms with E-state index in [1.165, 1.54) is 24.8 Å². The Balaban J connectivity index is 1.57. The molecule has 3 N–H and O–H groups in total. The molecule has 0 saturated carbocycles. The van der Waals surface area contributed by atoms with Crippen molar-refractivity contribution in [3.05, 3.63) is 46.7 Å². The Hall–Kier alpha value is -2.89. The Kier molecular flexibility index (Phi) is 6.49. The van der Waals surface area contributed by atoms with Gasteiger partial charge in [-0.15, -0.1) is 11.3 Å². The second-order valence-corrected chi connectivity index (χ2v) is 8.34. The molecule has 1 aliphatic heterocycles. The van der Waals surface area contributed by atoms with Gasteiger partial charge in [0.05, 0.1) is 30.3 Å². The van der Waals surface area contributed by atoms with E-state index in [2.05, 4.69) is 15.4 Å². The summed E-state index contributed by atoms with van der Waals surface area (Å²) in [6, 6.07) is 2.37. The van der Waals surface area contributed by atoms with Crippen molar-refractivity contribution in [1.29, 1.82) is 0 Å². The van der Waals surface area contributed by atoms with Crippen molar-refractivity contribution in [3.63, 3.8) is 0 Å². The van der Waals surface area contributed by atoms with Crippen LogP contribution in [-0.4, -0.2) is 40.4 Å². The van der Waals surface area contributed by atoms with E-state index in [0.29, 0.717) is 18.7 Å². The van der Waals surface area contributed by atoms with Gasteiger partial charge in [0.1, 0.15) is 22.6 Å². The fraction of sp³-hybridized carbons (Fsp3) is 0.381. The molecule has 0 spiro atoms. The summed E-state index contributed by atoms with van der Waals surface area (Å²) in [7, 11) is 3.06. The van der Waals surface area contributed by atoms with Gasteiger partial charge in [-0.25, -0.2) is 13.8 Å². The first-order valence-corrected chi connectivity index (χ1v) is 10.9. The Bertz CT molecular complexity index is 1130. The molecule has 32 heavy (non-hydrogen) atoms. The number of thiazole rings is 1. The number of anilines is 1. The van der Waals surface area contributed by atoms with E-state index in [9.17, 15) is 13.6 Å². The van der Waals surface area contributed by atoms with Gasteiger partial charge in [0.25, 0.3) is 5.91 Å². The van der Waals surface area contributed by atoms with Crippen LogP contribution in [-0.2, 0) is 11.8 Å². The summed E-state index contributed by atoms with van der Waals surface area (Å²) in [5.74, 6) is -2.28. The molecule has 1 saturated heterocycles. The number of halogens is 2. The number of rotatable bonds is 5. The third-order valence-corrected chi connectivity index (χ3v) is 6.23. The molecule has 1 aliphatic rings. The average Bonchev–Trinajstić information content (AvgIpc) is 3.32. The Morgan fingerprint density at radius 1 is 1.34 bits per heavy atom. The molecule has 0 bridgehead atoms. The molecule has 8 nitrogen and oxygen atoms in total. The quantitative estimate of drug-likeness (QED) is 0.599. The number of nitrogens with two attached hydrogens (primary N) is 1. The van der Waals surface area contributed by atoms with E-state index < -0.39 is 17.5 Å². The van der Waals surface area contributed by atoms with E-state index in [4.69, 9.17) is 15.2 Å². The van der Waals surface area contributed by atoms with Crippen LogP contribution in [0.4, 0.5) is 14.5 Å². The number of aryl methyl sites for hydroxylation is 1. The van der Waals surface area contributed by atoms with E-state index in [0.717, 1.165) is 35.9 Å². The van der Waals surface area contributed by atoms with E-state index in [-0.39, 0.29) is 34.2 Å². The van der Waals surface area contributed by atoms with Crippen LogP contribution < -0.4 is 15.8 Å². The van der Waals surface area contributed by atoms with Crippen LogP contribution in [0.2, 0.25) is 0 Å². The van der Waals surface area contributed by atoms with Crippen molar-refractivity contribution in [2.45, 2.75) is 31.4 Å². The smallest absolute Gasteiger partial charge is 0.275 e. The maximum Gasteiger partial charge on any atom is 0.275 e. The summed E-state index contributed by atoms with van der Waals surface area (Å²) in [6.45, 7) is 0.525. The number of amides is 1. The van der Waals surface area contributed by atoms with E-state index in [1.54, 1.807) is 11.7 Å². The van der Waals surface area contributed by atoms with Crippen molar-refractivity contribution in [2.24, 2.45) is 12.8 Å². The number of hydrogen-bond acceptors (Lipinski definition) is 7. The molecule has 1 amide bonds. The standard InChI is InChI=1S/C21H23F2N5O3S/c1-28-19(16-5-3-11(24)7-8-31-16)13(9-25-28)26-20(29)14-10-32-21(27-14)17-12(22)4-6-15(30-2)18(17)23/h4,6,9-11,16H,3,5,7-8,24H2,1-2H3,(H,26,29). The number of benzene rings is 1. The molecule has 2 aromatic heterocycles. The molecule has 170 valence electrons. The number of carbonyl (C=O) groups excluding carboxylic acids is 1.